The standard InChI is InChI=1S/C29H54N6O15/c1-9(34-25(44)10(2)35-28(45)50-29(3,4)5)24(43)33-7-13-17(38)19(40)20(41)27(46-13)49-23-12(31)6-11(30)22(21(23)42)48-26-18(39)15(32)16(37)14(8-36)47-26/h9-23,26-27,36-42H,6-8,30-32H2,1-5H3,(H,33,43)(H,34,44)(H,35,45)/t9-,10-,11+,12-,13+,14+,15-,16+,17+,18+,19-,20+,21+,22-,23+,26+,27+/m0/s1. The van der Waals surface area contributed by atoms with E-state index in [0.29, 0.717) is 0 Å². The second-order valence-corrected chi connectivity index (χ2v) is 13.9. The lowest BCUT2D eigenvalue weighted by molar-refractivity contribution is -0.332. The number of nitrogens with two attached hydrogens (primary N) is 3. The van der Waals surface area contributed by atoms with Gasteiger partial charge < -0.3 is 92.6 Å². The molecular formula is C29H54N6O15. The lowest BCUT2D eigenvalue weighted by Crippen LogP contribution is -2.68. The maximum absolute atomic E-state index is 12.8. The highest BCUT2D eigenvalue weighted by Gasteiger charge is 2.51. The molecule has 17 atom stereocenters. The summed E-state index contributed by atoms with van der Waals surface area (Å²) in [6, 6.07) is -5.35. The normalized spacial score (nSPS) is 40.7. The molecule has 3 amide bonds. The average Bonchev–Trinajstić information content (AvgIpc) is 3.02. The van der Waals surface area contributed by atoms with Crippen molar-refractivity contribution in [2.24, 2.45) is 17.2 Å². The van der Waals surface area contributed by atoms with E-state index in [-0.39, 0.29) is 6.42 Å². The van der Waals surface area contributed by atoms with Crippen LogP contribution < -0.4 is 33.2 Å². The van der Waals surface area contributed by atoms with Crippen LogP contribution in [-0.4, -0.2) is 176 Å². The monoisotopic (exact) mass is 726 g/mol. The molecule has 0 aromatic carbocycles. The van der Waals surface area contributed by atoms with Crippen LogP contribution in [0.4, 0.5) is 4.79 Å². The van der Waals surface area contributed by atoms with Gasteiger partial charge in [0.25, 0.3) is 0 Å². The largest absolute Gasteiger partial charge is 0.444 e. The molecule has 1 saturated carbocycles. The first-order valence-electron chi connectivity index (χ1n) is 16.3. The van der Waals surface area contributed by atoms with Gasteiger partial charge in [-0.05, 0) is 41.0 Å². The van der Waals surface area contributed by atoms with Gasteiger partial charge in [-0.3, -0.25) is 9.59 Å². The predicted molar refractivity (Wildman–Crippen MR) is 168 cm³/mol. The Labute approximate surface area is 288 Å². The second-order valence-electron chi connectivity index (χ2n) is 13.9. The van der Waals surface area contributed by atoms with Crippen LogP contribution in [0.1, 0.15) is 41.0 Å². The molecule has 3 rings (SSSR count). The smallest absolute Gasteiger partial charge is 0.408 e. The van der Waals surface area contributed by atoms with Gasteiger partial charge in [-0.1, -0.05) is 0 Å². The van der Waals surface area contributed by atoms with Gasteiger partial charge in [0.05, 0.1) is 12.6 Å². The molecule has 21 heteroatoms. The number of carbonyl (C=O) groups is 3. The quantitative estimate of drug-likeness (QED) is 0.0940. The minimum Gasteiger partial charge on any atom is -0.444 e. The van der Waals surface area contributed by atoms with E-state index in [4.69, 9.17) is 40.9 Å². The Bertz CT molecular complexity index is 1150. The molecule has 0 bridgehead atoms. The molecule has 2 heterocycles. The number of ether oxygens (including phenoxy) is 5. The van der Waals surface area contributed by atoms with E-state index in [2.05, 4.69) is 16.0 Å². The number of nitrogens with one attached hydrogen (secondary N) is 3. The number of carbonyl (C=O) groups excluding carboxylic acids is 3. The van der Waals surface area contributed by atoms with Crippen molar-refractivity contribution in [1.82, 2.24) is 16.0 Å². The zero-order chi connectivity index (χ0) is 37.8. The number of hydrogen-bond acceptors (Lipinski definition) is 18. The predicted octanol–water partition coefficient (Wildman–Crippen LogP) is -6.72. The molecule has 21 nitrogen and oxygen atoms in total. The molecule has 290 valence electrons. The van der Waals surface area contributed by atoms with Crippen molar-refractivity contribution in [3.8, 4) is 0 Å². The molecule has 2 saturated heterocycles. The molecule has 0 aromatic heterocycles. The Morgan fingerprint density at radius 3 is 1.80 bits per heavy atom. The molecule has 0 unspecified atom stereocenters. The van der Waals surface area contributed by atoms with Crippen molar-refractivity contribution < 1.29 is 73.8 Å². The zero-order valence-electron chi connectivity index (χ0n) is 28.6. The van der Waals surface area contributed by atoms with Crippen molar-refractivity contribution in [3.63, 3.8) is 0 Å². The second kappa shape index (κ2) is 17.4. The molecule has 16 N–H and O–H groups in total. The fourth-order valence-corrected chi connectivity index (χ4v) is 5.68. The van der Waals surface area contributed by atoms with Gasteiger partial charge in [0, 0.05) is 18.6 Å². The summed E-state index contributed by atoms with van der Waals surface area (Å²) in [6.45, 7) is 6.63. The van der Waals surface area contributed by atoms with Crippen molar-refractivity contribution in [2.75, 3.05) is 13.2 Å². The third-order valence-electron chi connectivity index (χ3n) is 8.61. The molecule has 50 heavy (non-hydrogen) atoms. The molecule has 1 aliphatic carbocycles. The van der Waals surface area contributed by atoms with Crippen LogP contribution in [0.3, 0.4) is 0 Å². The number of aliphatic hydroxyl groups excluding tert-OH is 7. The Morgan fingerprint density at radius 2 is 1.26 bits per heavy atom. The zero-order valence-corrected chi connectivity index (χ0v) is 28.6. The fraction of sp³-hybridized carbons (Fsp3) is 0.897. The van der Waals surface area contributed by atoms with Crippen molar-refractivity contribution >= 4 is 17.9 Å². The first kappa shape index (κ1) is 42.1. The van der Waals surface area contributed by atoms with Crippen LogP contribution >= 0.6 is 0 Å². The molecule has 0 aromatic rings. The number of alkyl carbamates (subject to hydrolysis) is 1. The summed E-state index contributed by atoms with van der Waals surface area (Å²) in [5, 5.41) is 80.4. The van der Waals surface area contributed by atoms with Gasteiger partial charge >= 0.3 is 6.09 Å². The van der Waals surface area contributed by atoms with Crippen LogP contribution in [0, 0.1) is 0 Å². The van der Waals surface area contributed by atoms with Crippen LogP contribution in [0.25, 0.3) is 0 Å². The summed E-state index contributed by atoms with van der Waals surface area (Å²) in [6.07, 6.45) is -19.4. The number of rotatable bonds is 11. The van der Waals surface area contributed by atoms with Crippen molar-refractivity contribution in [1.29, 1.82) is 0 Å². The van der Waals surface area contributed by atoms with Crippen LogP contribution in [-0.2, 0) is 33.3 Å². The summed E-state index contributed by atoms with van der Waals surface area (Å²) >= 11 is 0. The van der Waals surface area contributed by atoms with E-state index < -0.39 is 140 Å². The van der Waals surface area contributed by atoms with Gasteiger partial charge in [-0.15, -0.1) is 0 Å². The van der Waals surface area contributed by atoms with Crippen molar-refractivity contribution in [2.45, 2.75) is 150 Å². The third-order valence-corrected chi connectivity index (χ3v) is 8.61. The highest BCUT2D eigenvalue weighted by Crippen LogP contribution is 2.31. The summed E-state index contributed by atoms with van der Waals surface area (Å²) in [5.41, 5.74) is 17.5. The highest BCUT2D eigenvalue weighted by molar-refractivity contribution is 5.90. The van der Waals surface area contributed by atoms with E-state index >= 15 is 0 Å². The number of amides is 3. The van der Waals surface area contributed by atoms with Gasteiger partial charge in [0.15, 0.2) is 12.6 Å². The van der Waals surface area contributed by atoms with E-state index in [9.17, 15) is 50.1 Å². The van der Waals surface area contributed by atoms with E-state index in [0.717, 1.165) is 0 Å². The Balaban J connectivity index is 1.60. The topological polar surface area (TPSA) is 353 Å². The maximum atomic E-state index is 12.8. The van der Waals surface area contributed by atoms with Crippen LogP contribution in [0.15, 0.2) is 0 Å². The fourth-order valence-electron chi connectivity index (χ4n) is 5.68. The Morgan fingerprint density at radius 1 is 0.740 bits per heavy atom. The lowest BCUT2D eigenvalue weighted by Gasteiger charge is -2.48. The molecule has 3 aliphatic rings. The number of hydrogen-bond donors (Lipinski definition) is 13. The van der Waals surface area contributed by atoms with Crippen LogP contribution in [0.2, 0.25) is 0 Å². The molecule has 0 spiro atoms. The average molecular weight is 727 g/mol. The summed E-state index contributed by atoms with van der Waals surface area (Å²) in [7, 11) is 0. The molecule has 2 aliphatic heterocycles. The van der Waals surface area contributed by atoms with Crippen molar-refractivity contribution in [3.05, 3.63) is 0 Å². The SMILES string of the molecule is C[C@H](NC(=O)OC(C)(C)C)C(=O)N[C@@H](C)C(=O)NC[C@H]1O[C@H](O[C@H]2[C@H](O)[C@@H](O[C@H]3O[C@H](CO)[C@@H](O)[C@H](N)[C@H]3O)[C@H](N)C[C@@H]2N)[C@H](O)[C@@H](O)[C@@H]1O. The van der Waals surface area contributed by atoms with E-state index in [1.54, 1.807) is 20.8 Å². The van der Waals surface area contributed by atoms with Crippen LogP contribution in [0.5, 0.6) is 0 Å². The summed E-state index contributed by atoms with van der Waals surface area (Å²) < 4.78 is 27.8. The molecule has 0 radical (unpaired) electrons. The van der Waals surface area contributed by atoms with Gasteiger partial charge in [0.1, 0.15) is 78.7 Å². The highest BCUT2D eigenvalue weighted by atomic mass is 16.7. The van der Waals surface area contributed by atoms with Gasteiger partial charge in [-0.25, -0.2) is 4.79 Å². The molecule has 3 fully saturated rings. The Kier molecular flexibility index (Phi) is 14.7. The number of aliphatic hydroxyl groups is 7. The lowest BCUT2D eigenvalue weighted by atomic mass is 9.84. The first-order chi connectivity index (χ1) is 23.2. The minimum atomic E-state index is -1.85. The van der Waals surface area contributed by atoms with Gasteiger partial charge in [-0.2, -0.15) is 0 Å². The first-order valence-corrected chi connectivity index (χ1v) is 16.3. The maximum Gasteiger partial charge on any atom is 0.408 e. The molecular weight excluding hydrogens is 672 g/mol. The van der Waals surface area contributed by atoms with E-state index in [1.165, 1.54) is 13.8 Å². The van der Waals surface area contributed by atoms with E-state index in [1.807, 2.05) is 0 Å². The minimum absolute atomic E-state index is 0.0175. The summed E-state index contributed by atoms with van der Waals surface area (Å²) in [5.74, 6) is -1.42. The van der Waals surface area contributed by atoms with Gasteiger partial charge in [0.2, 0.25) is 11.8 Å². The summed E-state index contributed by atoms with van der Waals surface area (Å²) in [4.78, 5) is 37.2. The third kappa shape index (κ3) is 10.4. The Hall–Kier alpha value is -2.35.